The molecule has 1 unspecified atom stereocenters. The molecule has 0 bridgehead atoms. The summed E-state index contributed by atoms with van der Waals surface area (Å²) in [6.07, 6.45) is -0.511. The molecule has 0 fully saturated rings. The van der Waals surface area contributed by atoms with Crippen molar-refractivity contribution in [2.75, 3.05) is 0 Å². The molecule has 2 nitrogen and oxygen atoms in total. The second kappa shape index (κ2) is 5.34. The first-order chi connectivity index (χ1) is 8.16. The van der Waals surface area contributed by atoms with Crippen LogP contribution in [0.2, 0.25) is 5.02 Å². The van der Waals surface area contributed by atoms with Crippen molar-refractivity contribution in [3.05, 3.63) is 51.7 Å². The summed E-state index contributed by atoms with van der Waals surface area (Å²) in [6.45, 7) is 1.74. The molecule has 0 saturated carbocycles. The van der Waals surface area contributed by atoms with Gasteiger partial charge in [0.15, 0.2) is 6.10 Å². The molecule has 4 heteroatoms. The van der Waals surface area contributed by atoms with Gasteiger partial charge in [-0.3, -0.25) is 4.79 Å². The zero-order chi connectivity index (χ0) is 12.3. The van der Waals surface area contributed by atoms with Crippen molar-refractivity contribution in [2.45, 2.75) is 13.0 Å². The zero-order valence-corrected chi connectivity index (χ0v) is 10.8. The van der Waals surface area contributed by atoms with Crippen molar-refractivity contribution in [1.82, 2.24) is 0 Å². The molecule has 1 aromatic carbocycles. The van der Waals surface area contributed by atoms with E-state index >= 15 is 0 Å². The summed E-state index contributed by atoms with van der Waals surface area (Å²) in [7, 11) is 0. The Morgan fingerprint density at radius 3 is 2.88 bits per heavy atom. The lowest BCUT2D eigenvalue weighted by atomic mass is 10.1. The normalized spacial score (nSPS) is 12.1. The van der Waals surface area contributed by atoms with Crippen LogP contribution in [0.1, 0.15) is 17.3 Å². The van der Waals surface area contributed by atoms with E-state index in [4.69, 9.17) is 16.3 Å². The van der Waals surface area contributed by atoms with Crippen molar-refractivity contribution >= 4 is 28.7 Å². The molecule has 1 aromatic heterocycles. The van der Waals surface area contributed by atoms with Crippen LogP contribution in [-0.2, 0) is 0 Å². The molecule has 17 heavy (non-hydrogen) atoms. The van der Waals surface area contributed by atoms with Gasteiger partial charge in [-0.15, -0.1) is 0 Å². The number of rotatable bonds is 4. The number of ether oxygens (including phenoxy) is 1. The first kappa shape index (κ1) is 12.1. The summed E-state index contributed by atoms with van der Waals surface area (Å²) < 4.78 is 5.55. The van der Waals surface area contributed by atoms with Crippen LogP contribution in [0.4, 0.5) is 0 Å². The van der Waals surface area contributed by atoms with E-state index in [0.717, 1.165) is 0 Å². The number of halogens is 1. The van der Waals surface area contributed by atoms with E-state index in [1.807, 2.05) is 10.8 Å². The number of Topliss-reactive ketones (excluding diaryl/α,β-unsaturated/α-hetero) is 1. The van der Waals surface area contributed by atoms with E-state index in [1.54, 1.807) is 37.3 Å². The van der Waals surface area contributed by atoms with Gasteiger partial charge in [-0.2, -0.15) is 11.3 Å². The van der Waals surface area contributed by atoms with Gasteiger partial charge in [0.25, 0.3) is 0 Å². The van der Waals surface area contributed by atoms with Crippen molar-refractivity contribution in [2.24, 2.45) is 0 Å². The van der Waals surface area contributed by atoms with Gasteiger partial charge in [0, 0.05) is 16.0 Å². The zero-order valence-electron chi connectivity index (χ0n) is 9.22. The number of ketones is 1. The number of hydrogen-bond acceptors (Lipinski definition) is 3. The Bertz CT molecular complexity index is 508. The smallest absolute Gasteiger partial charge is 0.203 e. The van der Waals surface area contributed by atoms with Gasteiger partial charge in [-0.05, 0) is 36.6 Å². The average molecular weight is 267 g/mol. The summed E-state index contributed by atoms with van der Waals surface area (Å²) >= 11 is 7.34. The number of hydrogen-bond donors (Lipinski definition) is 0. The standard InChI is InChI=1S/C13H11ClO2S/c1-9(13(15)10-5-6-17-8-10)16-12-4-2-3-11(14)7-12/h2-9H,1H3. The highest BCUT2D eigenvalue weighted by atomic mass is 35.5. The molecule has 0 aliphatic heterocycles. The minimum atomic E-state index is -0.511. The van der Waals surface area contributed by atoms with Crippen LogP contribution >= 0.6 is 22.9 Å². The predicted molar refractivity (Wildman–Crippen MR) is 70.2 cm³/mol. The number of thiophene rings is 1. The van der Waals surface area contributed by atoms with Gasteiger partial charge < -0.3 is 4.74 Å². The van der Waals surface area contributed by atoms with E-state index in [2.05, 4.69) is 0 Å². The fraction of sp³-hybridized carbons (Fsp3) is 0.154. The lowest BCUT2D eigenvalue weighted by molar-refractivity contribution is 0.0818. The predicted octanol–water partition coefficient (Wildman–Crippen LogP) is 4.05. The molecule has 2 rings (SSSR count). The monoisotopic (exact) mass is 266 g/mol. The topological polar surface area (TPSA) is 26.3 Å². The molecule has 2 aromatic rings. The SMILES string of the molecule is CC(Oc1cccc(Cl)c1)C(=O)c1ccsc1. The van der Waals surface area contributed by atoms with Crippen LogP contribution in [0.5, 0.6) is 5.75 Å². The summed E-state index contributed by atoms with van der Waals surface area (Å²) in [5, 5.41) is 4.29. The van der Waals surface area contributed by atoms with Crippen molar-refractivity contribution in [3.8, 4) is 5.75 Å². The lowest BCUT2D eigenvalue weighted by Crippen LogP contribution is -2.23. The average Bonchev–Trinajstić information content (AvgIpc) is 2.81. The lowest BCUT2D eigenvalue weighted by Gasteiger charge is -2.13. The van der Waals surface area contributed by atoms with Gasteiger partial charge in [-0.25, -0.2) is 0 Å². The third-order valence-electron chi connectivity index (χ3n) is 2.28. The van der Waals surface area contributed by atoms with Crippen LogP contribution < -0.4 is 4.74 Å². The van der Waals surface area contributed by atoms with E-state index in [9.17, 15) is 4.79 Å². The molecule has 0 aliphatic rings. The third kappa shape index (κ3) is 3.08. The maximum absolute atomic E-state index is 11.9. The van der Waals surface area contributed by atoms with E-state index < -0.39 is 6.10 Å². The van der Waals surface area contributed by atoms with Crippen molar-refractivity contribution < 1.29 is 9.53 Å². The number of benzene rings is 1. The molecule has 0 amide bonds. The first-order valence-corrected chi connectivity index (χ1v) is 6.47. The third-order valence-corrected chi connectivity index (χ3v) is 3.20. The van der Waals surface area contributed by atoms with Gasteiger partial charge >= 0.3 is 0 Å². The Balaban J connectivity index is 2.07. The summed E-state index contributed by atoms with van der Waals surface area (Å²) in [4.78, 5) is 11.9. The largest absolute Gasteiger partial charge is 0.483 e. The molecule has 0 radical (unpaired) electrons. The summed E-state index contributed by atoms with van der Waals surface area (Å²) in [5.41, 5.74) is 0.685. The second-order valence-electron chi connectivity index (χ2n) is 3.59. The van der Waals surface area contributed by atoms with Crippen LogP contribution in [0.3, 0.4) is 0 Å². The number of carbonyl (C=O) groups excluding carboxylic acids is 1. The molecule has 0 saturated heterocycles. The molecular weight excluding hydrogens is 256 g/mol. The van der Waals surface area contributed by atoms with Gasteiger partial charge in [0.05, 0.1) is 0 Å². The van der Waals surface area contributed by atoms with Crippen LogP contribution in [0.15, 0.2) is 41.1 Å². The Hall–Kier alpha value is -1.32. The highest BCUT2D eigenvalue weighted by molar-refractivity contribution is 7.08. The summed E-state index contributed by atoms with van der Waals surface area (Å²) in [6, 6.07) is 8.83. The van der Waals surface area contributed by atoms with Crippen molar-refractivity contribution in [1.29, 1.82) is 0 Å². The van der Waals surface area contributed by atoms with Gasteiger partial charge in [0.2, 0.25) is 5.78 Å². The van der Waals surface area contributed by atoms with E-state index in [-0.39, 0.29) is 5.78 Å². The summed E-state index contributed by atoms with van der Waals surface area (Å²) in [5.74, 6) is 0.583. The van der Waals surface area contributed by atoms with Crippen LogP contribution in [-0.4, -0.2) is 11.9 Å². The highest BCUT2D eigenvalue weighted by Gasteiger charge is 2.17. The molecular formula is C13H11ClO2S. The fourth-order valence-electron chi connectivity index (χ4n) is 1.44. The maximum Gasteiger partial charge on any atom is 0.203 e. The first-order valence-electron chi connectivity index (χ1n) is 5.15. The molecule has 1 heterocycles. The van der Waals surface area contributed by atoms with Gasteiger partial charge in [0.1, 0.15) is 5.75 Å². The molecule has 0 N–H and O–H groups in total. The van der Waals surface area contributed by atoms with E-state index in [0.29, 0.717) is 16.3 Å². The molecule has 1 atom stereocenters. The Morgan fingerprint density at radius 2 is 2.24 bits per heavy atom. The Morgan fingerprint density at radius 1 is 1.41 bits per heavy atom. The quantitative estimate of drug-likeness (QED) is 0.781. The van der Waals surface area contributed by atoms with Gasteiger partial charge in [-0.1, -0.05) is 17.7 Å². The highest BCUT2D eigenvalue weighted by Crippen LogP contribution is 2.19. The van der Waals surface area contributed by atoms with Crippen molar-refractivity contribution in [3.63, 3.8) is 0 Å². The Labute approximate surface area is 109 Å². The minimum Gasteiger partial charge on any atom is -0.483 e. The molecule has 88 valence electrons. The molecule has 0 spiro atoms. The minimum absolute atomic E-state index is 0.0220. The maximum atomic E-state index is 11.9. The van der Waals surface area contributed by atoms with Crippen LogP contribution in [0.25, 0.3) is 0 Å². The van der Waals surface area contributed by atoms with E-state index in [1.165, 1.54) is 11.3 Å². The van der Waals surface area contributed by atoms with Crippen LogP contribution in [0, 0.1) is 0 Å². The number of carbonyl (C=O) groups is 1. The molecule has 0 aliphatic carbocycles. The fourth-order valence-corrected chi connectivity index (χ4v) is 2.26. The Kier molecular flexibility index (Phi) is 3.82. The second-order valence-corrected chi connectivity index (χ2v) is 4.81.